The summed E-state index contributed by atoms with van der Waals surface area (Å²) in [4.78, 5) is 11.2. The minimum atomic E-state index is -0.472. The molecular formula is C12H16F2N2O. The molecule has 0 aliphatic carbocycles. The molecule has 0 saturated heterocycles. The molecule has 2 N–H and O–H groups in total. The van der Waals surface area contributed by atoms with Gasteiger partial charge in [0.1, 0.15) is 11.6 Å². The highest BCUT2D eigenvalue weighted by molar-refractivity contribution is 5.77. The molecule has 1 aromatic carbocycles. The number of nitrogens with one attached hydrogen (secondary N) is 2. The largest absolute Gasteiger partial charge is 0.355 e. The number of likely N-dealkylation sites (N-methyl/N-ethyl adjacent to an activating group) is 1. The van der Waals surface area contributed by atoms with E-state index >= 15 is 0 Å². The standard InChI is InChI=1S/C12H16F2N2O/c1-2-15-8-12(17)16-6-5-9-7-10(13)3-4-11(9)14/h3-4,7,15H,2,5-6,8H2,1H3,(H,16,17). The first kappa shape index (κ1) is 13.6. The molecule has 0 aromatic heterocycles. The van der Waals surface area contributed by atoms with Crippen molar-refractivity contribution in [2.24, 2.45) is 0 Å². The number of amides is 1. The zero-order valence-corrected chi connectivity index (χ0v) is 9.72. The third kappa shape index (κ3) is 4.91. The first-order valence-corrected chi connectivity index (χ1v) is 5.54. The molecule has 3 nitrogen and oxygen atoms in total. The maximum atomic E-state index is 13.2. The third-order valence-corrected chi connectivity index (χ3v) is 2.26. The average molecular weight is 242 g/mol. The second-order valence-electron chi connectivity index (χ2n) is 3.62. The molecule has 0 aliphatic heterocycles. The fourth-order valence-electron chi connectivity index (χ4n) is 1.37. The van der Waals surface area contributed by atoms with Crippen molar-refractivity contribution in [2.45, 2.75) is 13.3 Å². The van der Waals surface area contributed by atoms with Gasteiger partial charge < -0.3 is 10.6 Å². The van der Waals surface area contributed by atoms with Gasteiger partial charge in [0.15, 0.2) is 0 Å². The predicted molar refractivity (Wildman–Crippen MR) is 61.6 cm³/mol. The van der Waals surface area contributed by atoms with Gasteiger partial charge in [-0.3, -0.25) is 4.79 Å². The van der Waals surface area contributed by atoms with Gasteiger partial charge >= 0.3 is 0 Å². The molecule has 0 heterocycles. The molecule has 5 heteroatoms. The Kier molecular flexibility index (Phi) is 5.56. The minimum Gasteiger partial charge on any atom is -0.355 e. The summed E-state index contributed by atoms with van der Waals surface area (Å²) in [6.07, 6.45) is 0.279. The Morgan fingerprint density at radius 3 is 2.82 bits per heavy atom. The van der Waals surface area contributed by atoms with E-state index in [9.17, 15) is 13.6 Å². The quantitative estimate of drug-likeness (QED) is 0.788. The van der Waals surface area contributed by atoms with Gasteiger partial charge in [0.2, 0.25) is 5.91 Å². The van der Waals surface area contributed by atoms with Crippen molar-refractivity contribution in [2.75, 3.05) is 19.6 Å². The van der Waals surface area contributed by atoms with Gasteiger partial charge in [-0.2, -0.15) is 0 Å². The summed E-state index contributed by atoms with van der Waals surface area (Å²) in [5.41, 5.74) is 0.272. The zero-order chi connectivity index (χ0) is 12.7. The Hall–Kier alpha value is -1.49. The van der Waals surface area contributed by atoms with Crippen LogP contribution in [0.5, 0.6) is 0 Å². The van der Waals surface area contributed by atoms with Crippen LogP contribution in [-0.4, -0.2) is 25.5 Å². The molecule has 0 bridgehead atoms. The number of rotatable bonds is 6. The normalized spacial score (nSPS) is 10.3. The average Bonchev–Trinajstić information content (AvgIpc) is 2.31. The summed E-state index contributed by atoms with van der Waals surface area (Å²) >= 11 is 0. The second kappa shape index (κ2) is 6.96. The molecule has 0 unspecified atom stereocenters. The summed E-state index contributed by atoms with van der Waals surface area (Å²) in [5.74, 6) is -1.07. The smallest absolute Gasteiger partial charge is 0.233 e. The van der Waals surface area contributed by atoms with Gasteiger partial charge in [-0.1, -0.05) is 6.92 Å². The monoisotopic (exact) mass is 242 g/mol. The Morgan fingerprint density at radius 2 is 2.12 bits per heavy atom. The van der Waals surface area contributed by atoms with Gasteiger partial charge in [0, 0.05) is 6.54 Å². The Labute approximate surface area is 99.2 Å². The number of hydrogen-bond donors (Lipinski definition) is 2. The van der Waals surface area contributed by atoms with Crippen molar-refractivity contribution in [1.82, 2.24) is 10.6 Å². The lowest BCUT2D eigenvalue weighted by Crippen LogP contribution is -2.34. The van der Waals surface area contributed by atoms with Crippen molar-refractivity contribution in [3.05, 3.63) is 35.4 Å². The maximum absolute atomic E-state index is 13.2. The number of carbonyl (C=O) groups is 1. The number of carbonyl (C=O) groups excluding carboxylic acids is 1. The van der Waals surface area contributed by atoms with Crippen LogP contribution in [0.1, 0.15) is 12.5 Å². The lowest BCUT2D eigenvalue weighted by Gasteiger charge is -2.06. The van der Waals surface area contributed by atoms with E-state index in [-0.39, 0.29) is 24.4 Å². The van der Waals surface area contributed by atoms with Crippen LogP contribution in [0, 0.1) is 11.6 Å². The van der Waals surface area contributed by atoms with Crippen molar-refractivity contribution in [3.8, 4) is 0 Å². The van der Waals surface area contributed by atoms with E-state index in [1.54, 1.807) is 0 Å². The molecule has 0 aliphatic rings. The highest BCUT2D eigenvalue weighted by atomic mass is 19.1. The van der Waals surface area contributed by atoms with Crippen molar-refractivity contribution in [1.29, 1.82) is 0 Å². The van der Waals surface area contributed by atoms with E-state index in [0.29, 0.717) is 13.1 Å². The molecule has 0 saturated carbocycles. The van der Waals surface area contributed by atoms with Crippen LogP contribution in [-0.2, 0) is 11.2 Å². The van der Waals surface area contributed by atoms with Crippen LogP contribution >= 0.6 is 0 Å². The number of halogens is 2. The zero-order valence-electron chi connectivity index (χ0n) is 9.72. The Morgan fingerprint density at radius 1 is 1.35 bits per heavy atom. The topological polar surface area (TPSA) is 41.1 Å². The Balaban J connectivity index is 2.35. The van der Waals surface area contributed by atoms with Crippen LogP contribution in [0.2, 0.25) is 0 Å². The van der Waals surface area contributed by atoms with E-state index in [1.165, 1.54) is 0 Å². The van der Waals surface area contributed by atoms with Gasteiger partial charge in [-0.05, 0) is 36.7 Å². The fraction of sp³-hybridized carbons (Fsp3) is 0.417. The van der Waals surface area contributed by atoms with Gasteiger partial charge in [-0.15, -0.1) is 0 Å². The molecule has 0 radical (unpaired) electrons. The second-order valence-corrected chi connectivity index (χ2v) is 3.62. The van der Waals surface area contributed by atoms with E-state index in [4.69, 9.17) is 0 Å². The van der Waals surface area contributed by atoms with Gasteiger partial charge in [-0.25, -0.2) is 8.78 Å². The highest BCUT2D eigenvalue weighted by Crippen LogP contribution is 2.09. The lowest BCUT2D eigenvalue weighted by atomic mass is 10.1. The predicted octanol–water partition coefficient (Wildman–Crippen LogP) is 1.23. The molecule has 1 amide bonds. The van der Waals surface area contributed by atoms with Crippen molar-refractivity contribution >= 4 is 5.91 Å². The summed E-state index contributed by atoms with van der Waals surface area (Å²) < 4.78 is 26.0. The van der Waals surface area contributed by atoms with Crippen molar-refractivity contribution < 1.29 is 13.6 Å². The molecule has 17 heavy (non-hydrogen) atoms. The van der Waals surface area contributed by atoms with Crippen molar-refractivity contribution in [3.63, 3.8) is 0 Å². The van der Waals surface area contributed by atoms with Gasteiger partial charge in [0.05, 0.1) is 6.54 Å². The first-order valence-electron chi connectivity index (χ1n) is 5.54. The lowest BCUT2D eigenvalue weighted by molar-refractivity contribution is -0.120. The van der Waals surface area contributed by atoms with Crippen LogP contribution < -0.4 is 10.6 Å². The molecule has 0 atom stereocenters. The summed E-state index contributed by atoms with van der Waals surface area (Å²) in [7, 11) is 0. The first-order chi connectivity index (χ1) is 8.13. The van der Waals surface area contributed by atoms with Gasteiger partial charge in [0.25, 0.3) is 0 Å². The summed E-state index contributed by atoms with van der Waals surface area (Å²) in [6.45, 7) is 3.15. The van der Waals surface area contributed by atoms with Crippen LogP contribution in [0.4, 0.5) is 8.78 Å². The number of benzene rings is 1. The fourth-order valence-corrected chi connectivity index (χ4v) is 1.37. The third-order valence-electron chi connectivity index (χ3n) is 2.26. The summed E-state index contributed by atoms with van der Waals surface area (Å²) in [5, 5.41) is 5.49. The number of hydrogen-bond acceptors (Lipinski definition) is 2. The molecular weight excluding hydrogens is 226 g/mol. The molecule has 1 rings (SSSR count). The molecule has 0 spiro atoms. The van der Waals surface area contributed by atoms with E-state index in [0.717, 1.165) is 18.2 Å². The SMILES string of the molecule is CCNCC(=O)NCCc1cc(F)ccc1F. The highest BCUT2D eigenvalue weighted by Gasteiger charge is 2.04. The van der Waals surface area contributed by atoms with E-state index in [1.807, 2.05) is 6.92 Å². The maximum Gasteiger partial charge on any atom is 0.233 e. The minimum absolute atomic E-state index is 0.149. The van der Waals surface area contributed by atoms with E-state index in [2.05, 4.69) is 10.6 Å². The van der Waals surface area contributed by atoms with E-state index < -0.39 is 11.6 Å². The molecule has 94 valence electrons. The van der Waals surface area contributed by atoms with Crippen LogP contribution in [0.3, 0.4) is 0 Å². The Bertz CT molecular complexity index is 383. The molecule has 1 aromatic rings. The molecule has 0 fully saturated rings. The summed E-state index contributed by atoms with van der Waals surface area (Å²) in [6, 6.07) is 3.31. The van der Waals surface area contributed by atoms with Crippen LogP contribution in [0.15, 0.2) is 18.2 Å². The van der Waals surface area contributed by atoms with Crippen LogP contribution in [0.25, 0.3) is 0 Å².